The molecule has 100 valence electrons. The highest BCUT2D eigenvalue weighted by molar-refractivity contribution is 5.78. The summed E-state index contributed by atoms with van der Waals surface area (Å²) in [7, 11) is 0. The Morgan fingerprint density at radius 3 is 2.50 bits per heavy atom. The molecule has 0 bridgehead atoms. The van der Waals surface area contributed by atoms with Gasteiger partial charge in [0.15, 0.2) is 0 Å². The van der Waals surface area contributed by atoms with Crippen molar-refractivity contribution in [3.63, 3.8) is 0 Å². The van der Waals surface area contributed by atoms with E-state index in [2.05, 4.69) is 10.4 Å². The van der Waals surface area contributed by atoms with Gasteiger partial charge < -0.3 is 10.4 Å². The van der Waals surface area contributed by atoms with Crippen LogP contribution < -0.4 is 5.32 Å². The molecule has 1 aromatic heterocycles. The van der Waals surface area contributed by atoms with Gasteiger partial charge in [0.25, 0.3) is 0 Å². The molecule has 0 saturated carbocycles. The van der Waals surface area contributed by atoms with Crippen LogP contribution in [-0.4, -0.2) is 33.3 Å². The monoisotopic (exact) mass is 253 g/mol. The lowest BCUT2D eigenvalue weighted by Gasteiger charge is -2.19. The fourth-order valence-corrected chi connectivity index (χ4v) is 1.42. The Morgan fingerprint density at radius 1 is 1.44 bits per heavy atom. The number of hydrogen-bond donors (Lipinski definition) is 2. The van der Waals surface area contributed by atoms with E-state index in [0.717, 1.165) is 11.4 Å². The maximum atomic E-state index is 11.7. The molecule has 0 atom stereocenters. The summed E-state index contributed by atoms with van der Waals surface area (Å²) in [5, 5.41) is 15.7. The first-order valence-electron chi connectivity index (χ1n) is 5.73. The number of aromatic nitrogens is 2. The van der Waals surface area contributed by atoms with E-state index in [9.17, 15) is 9.59 Å². The molecule has 0 aliphatic rings. The summed E-state index contributed by atoms with van der Waals surface area (Å²) in [6.45, 7) is 7.07. The van der Waals surface area contributed by atoms with E-state index in [1.165, 1.54) is 0 Å². The van der Waals surface area contributed by atoms with Crippen molar-refractivity contribution >= 4 is 11.9 Å². The van der Waals surface area contributed by atoms with E-state index in [1.54, 1.807) is 18.5 Å². The molecule has 6 heteroatoms. The van der Waals surface area contributed by atoms with Gasteiger partial charge in [0.05, 0.1) is 11.1 Å². The molecule has 18 heavy (non-hydrogen) atoms. The summed E-state index contributed by atoms with van der Waals surface area (Å²) in [5.74, 6) is -1.18. The fraction of sp³-hybridized carbons (Fsp3) is 0.583. The van der Waals surface area contributed by atoms with Gasteiger partial charge in [-0.1, -0.05) is 0 Å². The predicted molar refractivity (Wildman–Crippen MR) is 66.1 cm³/mol. The minimum atomic E-state index is -0.968. The third kappa shape index (κ3) is 3.58. The number of amides is 1. The Kier molecular flexibility index (Phi) is 4.11. The summed E-state index contributed by atoms with van der Waals surface area (Å²) in [5.41, 5.74) is 0.788. The van der Waals surface area contributed by atoms with Gasteiger partial charge in [-0.15, -0.1) is 0 Å². The van der Waals surface area contributed by atoms with Crippen molar-refractivity contribution < 1.29 is 14.7 Å². The molecule has 0 aliphatic carbocycles. The Morgan fingerprint density at radius 2 is 2.06 bits per heavy atom. The summed E-state index contributed by atoms with van der Waals surface area (Å²) >= 11 is 0. The summed E-state index contributed by atoms with van der Waals surface area (Å²) < 4.78 is 1.60. The van der Waals surface area contributed by atoms with Gasteiger partial charge in [0.1, 0.15) is 6.54 Å². The number of aryl methyl sites for hydroxylation is 2. The van der Waals surface area contributed by atoms with Crippen LogP contribution in [-0.2, 0) is 16.1 Å². The number of aliphatic carboxylic acids is 1. The SMILES string of the molecule is Cc1cc(C)n(CC(=O)NCC(C)(C)C(=O)O)n1. The minimum Gasteiger partial charge on any atom is -0.481 e. The number of carbonyl (C=O) groups excluding carboxylic acids is 1. The molecule has 0 aliphatic heterocycles. The van der Waals surface area contributed by atoms with E-state index in [1.807, 2.05) is 19.9 Å². The van der Waals surface area contributed by atoms with Crippen molar-refractivity contribution in [2.75, 3.05) is 6.54 Å². The number of carboxylic acids is 1. The van der Waals surface area contributed by atoms with Crippen LogP contribution >= 0.6 is 0 Å². The van der Waals surface area contributed by atoms with Crippen molar-refractivity contribution in [1.82, 2.24) is 15.1 Å². The van der Waals surface area contributed by atoms with Gasteiger partial charge >= 0.3 is 5.97 Å². The van der Waals surface area contributed by atoms with Gasteiger partial charge in [0, 0.05) is 12.2 Å². The smallest absolute Gasteiger partial charge is 0.310 e. The van der Waals surface area contributed by atoms with Crippen LogP contribution in [0, 0.1) is 19.3 Å². The average Bonchev–Trinajstić information content (AvgIpc) is 2.54. The predicted octanol–water partition coefficient (Wildman–Crippen LogP) is 0.727. The lowest BCUT2D eigenvalue weighted by Crippen LogP contribution is -2.40. The molecule has 0 aromatic carbocycles. The second-order valence-electron chi connectivity index (χ2n) is 5.05. The van der Waals surface area contributed by atoms with Crippen LogP contribution in [0.3, 0.4) is 0 Å². The Labute approximate surface area is 106 Å². The Bertz CT molecular complexity index is 463. The van der Waals surface area contributed by atoms with Crippen molar-refractivity contribution in [3.05, 3.63) is 17.5 Å². The zero-order chi connectivity index (χ0) is 13.9. The van der Waals surface area contributed by atoms with E-state index in [4.69, 9.17) is 5.11 Å². The zero-order valence-corrected chi connectivity index (χ0v) is 11.1. The summed E-state index contributed by atoms with van der Waals surface area (Å²) in [4.78, 5) is 22.6. The first kappa shape index (κ1) is 14.2. The van der Waals surface area contributed by atoms with E-state index < -0.39 is 11.4 Å². The molecule has 2 N–H and O–H groups in total. The molecule has 0 unspecified atom stereocenters. The van der Waals surface area contributed by atoms with Gasteiger partial charge in [-0.05, 0) is 33.8 Å². The lowest BCUT2D eigenvalue weighted by atomic mass is 9.94. The highest BCUT2D eigenvalue weighted by Gasteiger charge is 2.27. The molecular weight excluding hydrogens is 234 g/mol. The third-order valence-electron chi connectivity index (χ3n) is 2.70. The summed E-state index contributed by atoms with van der Waals surface area (Å²) in [6.07, 6.45) is 0. The van der Waals surface area contributed by atoms with E-state index >= 15 is 0 Å². The molecule has 1 amide bonds. The van der Waals surface area contributed by atoms with Crippen molar-refractivity contribution in [2.24, 2.45) is 5.41 Å². The molecular formula is C12H19N3O3. The number of rotatable bonds is 5. The molecule has 0 spiro atoms. The average molecular weight is 253 g/mol. The van der Waals surface area contributed by atoms with Crippen molar-refractivity contribution in [1.29, 1.82) is 0 Å². The van der Waals surface area contributed by atoms with Crippen LogP contribution in [0.5, 0.6) is 0 Å². The first-order valence-corrected chi connectivity index (χ1v) is 5.73. The second kappa shape index (κ2) is 5.20. The van der Waals surface area contributed by atoms with E-state index in [-0.39, 0.29) is 19.0 Å². The van der Waals surface area contributed by atoms with Crippen LogP contribution in [0.15, 0.2) is 6.07 Å². The maximum absolute atomic E-state index is 11.7. The van der Waals surface area contributed by atoms with E-state index in [0.29, 0.717) is 0 Å². The molecule has 0 radical (unpaired) electrons. The Balaban J connectivity index is 2.53. The minimum absolute atomic E-state index is 0.0977. The maximum Gasteiger partial charge on any atom is 0.310 e. The van der Waals surface area contributed by atoms with Crippen molar-refractivity contribution in [2.45, 2.75) is 34.2 Å². The van der Waals surface area contributed by atoms with Crippen LogP contribution in [0.4, 0.5) is 0 Å². The number of nitrogens with zero attached hydrogens (tertiary/aromatic N) is 2. The topological polar surface area (TPSA) is 84.2 Å². The van der Waals surface area contributed by atoms with Crippen LogP contribution in [0.1, 0.15) is 25.2 Å². The molecule has 0 saturated heterocycles. The molecule has 1 aromatic rings. The van der Waals surface area contributed by atoms with Crippen molar-refractivity contribution in [3.8, 4) is 0 Å². The van der Waals surface area contributed by atoms with Gasteiger partial charge in [-0.25, -0.2) is 0 Å². The largest absolute Gasteiger partial charge is 0.481 e. The van der Waals surface area contributed by atoms with Crippen LogP contribution in [0.2, 0.25) is 0 Å². The molecule has 6 nitrogen and oxygen atoms in total. The number of hydrogen-bond acceptors (Lipinski definition) is 3. The standard InChI is InChI=1S/C12H19N3O3/c1-8-5-9(2)15(14-8)6-10(16)13-7-12(3,4)11(17)18/h5H,6-7H2,1-4H3,(H,13,16)(H,17,18). The highest BCUT2D eigenvalue weighted by atomic mass is 16.4. The van der Waals surface area contributed by atoms with Gasteiger partial charge in [-0.3, -0.25) is 14.3 Å². The fourth-order valence-electron chi connectivity index (χ4n) is 1.42. The van der Waals surface area contributed by atoms with Gasteiger partial charge in [0.2, 0.25) is 5.91 Å². The van der Waals surface area contributed by atoms with Gasteiger partial charge in [-0.2, -0.15) is 5.10 Å². The lowest BCUT2D eigenvalue weighted by molar-refractivity contribution is -0.146. The zero-order valence-electron chi connectivity index (χ0n) is 11.1. The number of carboxylic acid groups (broad SMARTS) is 1. The third-order valence-corrected chi connectivity index (χ3v) is 2.70. The highest BCUT2D eigenvalue weighted by Crippen LogP contribution is 2.13. The molecule has 1 heterocycles. The van der Waals surface area contributed by atoms with Crippen LogP contribution in [0.25, 0.3) is 0 Å². The Hall–Kier alpha value is -1.85. The normalized spacial score (nSPS) is 11.3. The second-order valence-corrected chi connectivity index (χ2v) is 5.05. The molecule has 1 rings (SSSR count). The number of carbonyl (C=O) groups is 2. The first-order chi connectivity index (χ1) is 8.22. The quantitative estimate of drug-likeness (QED) is 0.810. The summed E-state index contributed by atoms with van der Waals surface area (Å²) in [6, 6.07) is 1.88. The molecule has 0 fully saturated rings. The number of nitrogens with one attached hydrogen (secondary N) is 1.